The van der Waals surface area contributed by atoms with Gasteiger partial charge in [-0.25, -0.2) is 0 Å². The number of hydrogen-bond donors (Lipinski definition) is 2. The zero-order chi connectivity index (χ0) is 16.5. The maximum Gasteiger partial charge on any atom is 0.303 e. The number of carbonyl (C=O) groups excluding carboxylic acids is 1. The van der Waals surface area contributed by atoms with Gasteiger partial charge in [0.15, 0.2) is 0 Å². The molecular weight excluding hydrogens is 294 g/mol. The molecule has 0 aliphatic heterocycles. The predicted octanol–water partition coefficient (Wildman–Crippen LogP) is 1.87. The molecule has 0 bridgehead atoms. The molecule has 1 heterocycles. The van der Waals surface area contributed by atoms with Crippen molar-refractivity contribution < 1.29 is 14.7 Å². The van der Waals surface area contributed by atoms with Crippen molar-refractivity contribution >= 4 is 11.9 Å². The normalized spacial score (nSPS) is 11.8. The fourth-order valence-electron chi connectivity index (χ4n) is 2.37. The lowest BCUT2D eigenvalue weighted by Crippen LogP contribution is -2.37. The SMILES string of the molecule is O=C(O)CCC(Cc1ccccc1)NC(=O)CCn1cccn1. The molecule has 0 aliphatic carbocycles. The van der Waals surface area contributed by atoms with E-state index in [0.717, 1.165) is 5.56 Å². The summed E-state index contributed by atoms with van der Waals surface area (Å²) >= 11 is 0. The van der Waals surface area contributed by atoms with Gasteiger partial charge < -0.3 is 10.4 Å². The van der Waals surface area contributed by atoms with E-state index in [4.69, 9.17) is 5.11 Å². The minimum absolute atomic E-state index is 0.0386. The van der Waals surface area contributed by atoms with Crippen LogP contribution < -0.4 is 5.32 Å². The molecule has 0 saturated heterocycles. The van der Waals surface area contributed by atoms with Gasteiger partial charge in [-0.15, -0.1) is 0 Å². The molecule has 2 N–H and O–H groups in total. The third-order valence-electron chi connectivity index (χ3n) is 3.52. The van der Waals surface area contributed by atoms with Crippen LogP contribution in [-0.2, 0) is 22.6 Å². The van der Waals surface area contributed by atoms with Gasteiger partial charge in [0.1, 0.15) is 0 Å². The lowest BCUT2D eigenvalue weighted by molar-refractivity contribution is -0.137. The Morgan fingerprint density at radius 3 is 2.61 bits per heavy atom. The van der Waals surface area contributed by atoms with Gasteiger partial charge in [0.2, 0.25) is 5.91 Å². The van der Waals surface area contributed by atoms with Gasteiger partial charge in [0, 0.05) is 37.8 Å². The zero-order valence-electron chi connectivity index (χ0n) is 12.9. The summed E-state index contributed by atoms with van der Waals surface area (Å²) in [6.45, 7) is 0.510. The molecule has 1 unspecified atom stereocenters. The number of carboxylic acid groups (broad SMARTS) is 1. The maximum atomic E-state index is 12.1. The predicted molar refractivity (Wildman–Crippen MR) is 85.8 cm³/mol. The first-order valence-electron chi connectivity index (χ1n) is 7.66. The van der Waals surface area contributed by atoms with Crippen molar-refractivity contribution in [2.75, 3.05) is 0 Å². The van der Waals surface area contributed by atoms with Gasteiger partial charge in [-0.2, -0.15) is 5.10 Å². The molecule has 2 rings (SSSR count). The van der Waals surface area contributed by atoms with E-state index in [1.165, 1.54) is 0 Å². The van der Waals surface area contributed by atoms with Crippen LogP contribution in [0.2, 0.25) is 0 Å². The van der Waals surface area contributed by atoms with Crippen molar-refractivity contribution in [3.8, 4) is 0 Å². The van der Waals surface area contributed by atoms with Crippen molar-refractivity contribution in [1.29, 1.82) is 0 Å². The molecule has 6 nitrogen and oxygen atoms in total. The van der Waals surface area contributed by atoms with E-state index in [-0.39, 0.29) is 18.4 Å². The van der Waals surface area contributed by atoms with Crippen molar-refractivity contribution in [1.82, 2.24) is 15.1 Å². The number of nitrogens with zero attached hydrogens (tertiary/aromatic N) is 2. The summed E-state index contributed by atoms with van der Waals surface area (Å²) in [5.41, 5.74) is 1.08. The number of nitrogens with one attached hydrogen (secondary N) is 1. The number of benzene rings is 1. The van der Waals surface area contributed by atoms with E-state index in [0.29, 0.717) is 25.8 Å². The molecule has 1 amide bonds. The Kier molecular flexibility index (Phi) is 6.35. The first-order chi connectivity index (χ1) is 11.1. The van der Waals surface area contributed by atoms with Gasteiger partial charge in [0.25, 0.3) is 0 Å². The molecule has 23 heavy (non-hydrogen) atoms. The third-order valence-corrected chi connectivity index (χ3v) is 3.52. The van der Waals surface area contributed by atoms with Crippen LogP contribution in [0, 0.1) is 0 Å². The maximum absolute atomic E-state index is 12.1. The number of amides is 1. The second-order valence-electron chi connectivity index (χ2n) is 5.41. The standard InChI is InChI=1S/C17H21N3O3/c21-16(9-12-20-11-4-10-18-20)19-15(7-8-17(22)23)13-14-5-2-1-3-6-14/h1-6,10-11,15H,7-9,12-13H2,(H,19,21)(H,22,23). The first-order valence-corrected chi connectivity index (χ1v) is 7.66. The summed E-state index contributed by atoms with van der Waals surface area (Å²) in [7, 11) is 0. The highest BCUT2D eigenvalue weighted by atomic mass is 16.4. The quantitative estimate of drug-likeness (QED) is 0.740. The highest BCUT2D eigenvalue weighted by Crippen LogP contribution is 2.08. The molecule has 0 saturated carbocycles. The number of aliphatic carboxylic acids is 1. The van der Waals surface area contributed by atoms with Gasteiger partial charge in [-0.1, -0.05) is 30.3 Å². The number of rotatable bonds is 9. The van der Waals surface area contributed by atoms with E-state index >= 15 is 0 Å². The fourth-order valence-corrected chi connectivity index (χ4v) is 2.37. The molecule has 0 spiro atoms. The third kappa shape index (κ3) is 6.34. The van der Waals surface area contributed by atoms with Gasteiger partial charge in [-0.3, -0.25) is 14.3 Å². The molecule has 0 radical (unpaired) electrons. The van der Waals surface area contributed by atoms with Crippen molar-refractivity contribution in [2.45, 2.75) is 38.3 Å². The Morgan fingerprint density at radius 1 is 1.17 bits per heavy atom. The average molecular weight is 315 g/mol. The fraction of sp³-hybridized carbons (Fsp3) is 0.353. The summed E-state index contributed by atoms with van der Waals surface area (Å²) in [6, 6.07) is 11.4. The molecule has 2 aromatic rings. The van der Waals surface area contributed by atoms with Crippen LogP contribution in [0.25, 0.3) is 0 Å². The van der Waals surface area contributed by atoms with Crippen LogP contribution in [0.5, 0.6) is 0 Å². The summed E-state index contributed by atoms with van der Waals surface area (Å²) in [4.78, 5) is 22.9. The highest BCUT2D eigenvalue weighted by molar-refractivity contribution is 5.76. The van der Waals surface area contributed by atoms with Crippen molar-refractivity contribution in [3.05, 3.63) is 54.4 Å². The number of hydrogen-bond acceptors (Lipinski definition) is 3. The van der Waals surface area contributed by atoms with Crippen LogP contribution in [0.1, 0.15) is 24.8 Å². The van der Waals surface area contributed by atoms with Crippen LogP contribution in [0.3, 0.4) is 0 Å². The van der Waals surface area contributed by atoms with Crippen LogP contribution in [-0.4, -0.2) is 32.8 Å². The Balaban J connectivity index is 1.87. The van der Waals surface area contributed by atoms with E-state index in [9.17, 15) is 9.59 Å². The van der Waals surface area contributed by atoms with Crippen molar-refractivity contribution in [2.24, 2.45) is 0 Å². The summed E-state index contributed by atoms with van der Waals surface area (Å²) in [6.07, 6.45) is 4.87. The molecule has 0 fully saturated rings. The number of carbonyl (C=O) groups is 2. The molecule has 6 heteroatoms. The minimum Gasteiger partial charge on any atom is -0.481 e. The lowest BCUT2D eigenvalue weighted by Gasteiger charge is -2.18. The molecule has 1 aromatic heterocycles. The second-order valence-corrected chi connectivity index (χ2v) is 5.41. The van der Waals surface area contributed by atoms with Crippen LogP contribution >= 0.6 is 0 Å². The zero-order valence-corrected chi connectivity index (χ0v) is 12.9. The van der Waals surface area contributed by atoms with Gasteiger partial charge in [-0.05, 0) is 24.5 Å². The Labute approximate surface area is 135 Å². The van der Waals surface area contributed by atoms with Crippen molar-refractivity contribution in [3.63, 3.8) is 0 Å². The minimum atomic E-state index is -0.853. The van der Waals surface area contributed by atoms with Crippen LogP contribution in [0.4, 0.5) is 0 Å². The van der Waals surface area contributed by atoms with Gasteiger partial charge in [0.05, 0.1) is 0 Å². The van der Waals surface area contributed by atoms with E-state index in [1.807, 2.05) is 36.4 Å². The second kappa shape index (κ2) is 8.73. The van der Waals surface area contributed by atoms with E-state index in [1.54, 1.807) is 17.1 Å². The Morgan fingerprint density at radius 2 is 1.96 bits per heavy atom. The van der Waals surface area contributed by atoms with Crippen LogP contribution in [0.15, 0.2) is 48.8 Å². The Bertz CT molecular complexity index is 611. The monoisotopic (exact) mass is 315 g/mol. The number of carboxylic acids is 1. The van der Waals surface area contributed by atoms with E-state index in [2.05, 4.69) is 10.4 Å². The molecule has 1 aromatic carbocycles. The highest BCUT2D eigenvalue weighted by Gasteiger charge is 2.14. The molecular formula is C17H21N3O3. The summed E-state index contributed by atoms with van der Waals surface area (Å²) < 4.78 is 1.70. The largest absolute Gasteiger partial charge is 0.481 e. The molecule has 1 atom stereocenters. The topological polar surface area (TPSA) is 84.2 Å². The first kappa shape index (κ1) is 16.7. The average Bonchev–Trinajstić information content (AvgIpc) is 3.05. The lowest BCUT2D eigenvalue weighted by atomic mass is 10.0. The molecule has 122 valence electrons. The number of aromatic nitrogens is 2. The van der Waals surface area contributed by atoms with Gasteiger partial charge >= 0.3 is 5.97 Å². The Hall–Kier alpha value is -2.63. The van der Waals surface area contributed by atoms with E-state index < -0.39 is 5.97 Å². The summed E-state index contributed by atoms with van der Waals surface area (Å²) in [5.74, 6) is -0.944. The molecule has 0 aliphatic rings. The summed E-state index contributed by atoms with van der Waals surface area (Å²) in [5, 5.41) is 15.9. The smallest absolute Gasteiger partial charge is 0.303 e. The number of aryl methyl sites for hydroxylation is 1.